The summed E-state index contributed by atoms with van der Waals surface area (Å²) in [5.41, 5.74) is 0. The third kappa shape index (κ3) is 41.7. The molecule has 16 heteroatoms. The van der Waals surface area contributed by atoms with Gasteiger partial charge in [0.05, 0.1) is 32.0 Å². The van der Waals surface area contributed by atoms with Crippen LogP contribution < -0.4 is 0 Å². The average Bonchev–Trinajstić information content (AvgIpc) is 4.01. The van der Waals surface area contributed by atoms with Gasteiger partial charge in [-0.1, -0.05) is 178 Å². The van der Waals surface area contributed by atoms with Gasteiger partial charge in [-0.2, -0.15) is 0 Å². The molecule has 0 aromatic carbocycles. The first-order valence-corrected chi connectivity index (χ1v) is 27.5. The van der Waals surface area contributed by atoms with Gasteiger partial charge in [0.15, 0.2) is 6.10 Å². The highest BCUT2D eigenvalue weighted by molar-refractivity contribution is 7.47. The van der Waals surface area contributed by atoms with E-state index in [-0.39, 0.29) is 12.8 Å². The first-order chi connectivity index (χ1) is 31.2. The largest absolute Gasteiger partial charge is 0.472 e. The highest BCUT2D eigenvalue weighted by Crippen LogP contribution is 2.44. The maximum atomic E-state index is 12.7. The van der Waals surface area contributed by atoms with Crippen molar-refractivity contribution in [2.75, 3.05) is 26.4 Å². The van der Waals surface area contributed by atoms with E-state index < -0.39 is 66.2 Å². The Hall–Kier alpha value is -2.22. The van der Waals surface area contributed by atoms with Crippen LogP contribution in [0.4, 0.5) is 0 Å². The molecule has 0 radical (unpaired) electrons. The second-order valence-corrected chi connectivity index (χ2v) is 19.9. The van der Waals surface area contributed by atoms with E-state index in [1.54, 1.807) is 0 Å². The van der Waals surface area contributed by atoms with Crippen molar-refractivity contribution in [2.45, 2.75) is 206 Å². The van der Waals surface area contributed by atoms with Crippen LogP contribution >= 0.6 is 15.6 Å². The number of aliphatic hydroxyl groups is 1. The van der Waals surface area contributed by atoms with Crippen LogP contribution in [0.1, 0.15) is 181 Å². The fourth-order valence-electron chi connectivity index (χ4n) is 6.72. The molecule has 1 fully saturated rings. The van der Waals surface area contributed by atoms with Crippen LogP contribution in [0.15, 0.2) is 60.8 Å². The SMILES string of the molecule is CC/C=C\CC1OC1C/C=C\C/C=C\C/C=C\C/C=C\CCC(=O)O[C@H](COC(=O)CCCCCCCCCCCCCCCCCC(C)C)COP(=O)(O)OC[C@@H](O)COP(=O)(O)O. The van der Waals surface area contributed by atoms with Gasteiger partial charge in [0.2, 0.25) is 0 Å². The van der Waals surface area contributed by atoms with Crippen molar-refractivity contribution in [1.29, 1.82) is 0 Å². The van der Waals surface area contributed by atoms with Gasteiger partial charge in [0, 0.05) is 12.8 Å². The Balaban J connectivity index is 2.35. The predicted molar refractivity (Wildman–Crippen MR) is 257 cm³/mol. The monoisotopic (exact) mass is 961 g/mol. The summed E-state index contributed by atoms with van der Waals surface area (Å²) in [6.45, 7) is 3.91. The maximum absolute atomic E-state index is 12.7. The molecule has 1 aliphatic heterocycles. The lowest BCUT2D eigenvalue weighted by molar-refractivity contribution is -0.161. The fraction of sp³-hybridized carbons (Fsp3) is 0.755. The lowest BCUT2D eigenvalue weighted by Crippen LogP contribution is -2.29. The highest BCUT2D eigenvalue weighted by Gasteiger charge is 2.36. The standard InChI is InChI=1S/C49H86O14P2/c1-4-5-29-35-46-47(63-46)36-31-26-22-18-14-11-12-16-20-24-28-33-38-49(52)62-45(42-61-65(56,57)60-40-44(50)39-59-64(53,54)55)41-58-48(51)37-32-27-23-19-15-10-8-6-7-9-13-17-21-25-30-34-43(2)3/h5,12,14,16,18,24,26,28-29,31,43-47,50H,4,6-11,13,15,17,19-23,25,27,30,32-42H2,1-3H3,(H,56,57)(H2,53,54,55)/b16-12-,18-14-,28-24-,29-5-,31-26-/t44-,45+,46?,47?/m0/s1. The number of carbonyl (C=O) groups excluding carboxylic acids is 2. The first-order valence-electron chi connectivity index (χ1n) is 24.5. The Bertz CT molecular complexity index is 1460. The summed E-state index contributed by atoms with van der Waals surface area (Å²) in [4.78, 5) is 52.8. The summed E-state index contributed by atoms with van der Waals surface area (Å²) in [6.07, 6.45) is 44.1. The van der Waals surface area contributed by atoms with E-state index in [1.807, 2.05) is 18.2 Å². The quantitative estimate of drug-likeness (QED) is 0.0147. The molecule has 0 amide bonds. The normalized spacial score (nSPS) is 17.6. The van der Waals surface area contributed by atoms with Gasteiger partial charge in [0.25, 0.3) is 0 Å². The number of esters is 2. The zero-order chi connectivity index (χ0) is 47.9. The van der Waals surface area contributed by atoms with Crippen molar-refractivity contribution in [3.8, 4) is 0 Å². The minimum absolute atomic E-state index is 0.00216. The number of phosphoric acid groups is 2. The molecule has 1 heterocycles. The lowest BCUT2D eigenvalue weighted by atomic mass is 10.0. The van der Waals surface area contributed by atoms with Crippen LogP contribution in [-0.4, -0.2) is 82.6 Å². The number of hydrogen-bond donors (Lipinski definition) is 4. The Kier molecular flexibility index (Phi) is 37.2. The van der Waals surface area contributed by atoms with E-state index in [4.69, 9.17) is 33.0 Å². The van der Waals surface area contributed by atoms with Gasteiger partial charge >= 0.3 is 27.6 Å². The number of aliphatic hydroxyl groups excluding tert-OH is 1. The summed E-state index contributed by atoms with van der Waals surface area (Å²) in [6, 6.07) is 0. The Morgan fingerprint density at radius 3 is 1.55 bits per heavy atom. The van der Waals surface area contributed by atoms with Gasteiger partial charge in [-0.15, -0.1) is 0 Å². The number of carbonyl (C=O) groups is 2. The van der Waals surface area contributed by atoms with Crippen molar-refractivity contribution in [3.63, 3.8) is 0 Å². The van der Waals surface area contributed by atoms with Gasteiger partial charge in [-0.3, -0.25) is 23.2 Å². The van der Waals surface area contributed by atoms with Crippen molar-refractivity contribution in [2.24, 2.45) is 5.92 Å². The second kappa shape index (κ2) is 39.7. The van der Waals surface area contributed by atoms with Gasteiger partial charge in [-0.05, 0) is 57.3 Å². The fourth-order valence-corrected chi connectivity index (χ4v) is 7.87. The minimum atomic E-state index is -4.88. The zero-order valence-corrected chi connectivity index (χ0v) is 41.7. The van der Waals surface area contributed by atoms with Crippen LogP contribution in [0, 0.1) is 5.92 Å². The van der Waals surface area contributed by atoms with Crippen LogP contribution in [0.2, 0.25) is 0 Å². The molecule has 1 saturated heterocycles. The molecule has 0 aliphatic carbocycles. The number of epoxide rings is 1. The third-order valence-electron chi connectivity index (χ3n) is 10.5. The number of rotatable bonds is 44. The van der Waals surface area contributed by atoms with Crippen molar-refractivity contribution in [1.82, 2.24) is 0 Å². The van der Waals surface area contributed by atoms with Crippen LogP contribution in [0.25, 0.3) is 0 Å². The number of ether oxygens (including phenoxy) is 3. The second-order valence-electron chi connectivity index (χ2n) is 17.2. The third-order valence-corrected chi connectivity index (χ3v) is 11.9. The van der Waals surface area contributed by atoms with Crippen LogP contribution in [-0.2, 0) is 46.5 Å². The zero-order valence-electron chi connectivity index (χ0n) is 39.9. The van der Waals surface area contributed by atoms with Crippen LogP contribution in [0.3, 0.4) is 0 Å². The molecule has 65 heavy (non-hydrogen) atoms. The summed E-state index contributed by atoms with van der Waals surface area (Å²) < 4.78 is 53.5. The predicted octanol–water partition coefficient (Wildman–Crippen LogP) is 12.0. The molecular weight excluding hydrogens is 874 g/mol. The van der Waals surface area contributed by atoms with Gasteiger partial charge in [0.1, 0.15) is 12.7 Å². The molecule has 1 aliphatic rings. The van der Waals surface area contributed by atoms with E-state index >= 15 is 0 Å². The number of phosphoric ester groups is 2. The molecule has 0 aromatic rings. The van der Waals surface area contributed by atoms with Crippen molar-refractivity contribution in [3.05, 3.63) is 60.8 Å². The molecular formula is C49H86O14P2. The molecule has 0 spiro atoms. The molecule has 0 aromatic heterocycles. The van der Waals surface area contributed by atoms with Crippen LogP contribution in [0.5, 0.6) is 0 Å². The Labute approximate surface area is 391 Å². The molecule has 0 bridgehead atoms. The molecule has 1 rings (SSSR count). The van der Waals surface area contributed by atoms with Gasteiger partial charge in [-0.25, -0.2) is 9.13 Å². The van der Waals surface area contributed by atoms with Crippen molar-refractivity contribution >= 4 is 27.6 Å². The molecule has 5 atom stereocenters. The molecule has 376 valence electrons. The molecule has 4 N–H and O–H groups in total. The lowest BCUT2D eigenvalue weighted by Gasteiger charge is -2.20. The first kappa shape index (κ1) is 60.8. The summed E-state index contributed by atoms with van der Waals surface area (Å²) in [7, 11) is -9.71. The summed E-state index contributed by atoms with van der Waals surface area (Å²) in [5, 5.41) is 9.77. The van der Waals surface area contributed by atoms with E-state index in [0.29, 0.717) is 31.5 Å². The minimum Gasteiger partial charge on any atom is -0.462 e. The van der Waals surface area contributed by atoms with E-state index in [9.17, 15) is 28.7 Å². The Morgan fingerprint density at radius 1 is 0.569 bits per heavy atom. The number of unbranched alkanes of at least 4 members (excludes halogenated alkanes) is 14. The molecule has 3 unspecified atom stereocenters. The smallest absolute Gasteiger partial charge is 0.462 e. The molecule has 14 nitrogen and oxygen atoms in total. The van der Waals surface area contributed by atoms with E-state index in [1.165, 1.54) is 77.0 Å². The average molecular weight is 961 g/mol. The topological polar surface area (TPSA) is 208 Å². The van der Waals surface area contributed by atoms with E-state index in [0.717, 1.165) is 57.3 Å². The number of hydrogen-bond acceptors (Lipinski definition) is 11. The highest BCUT2D eigenvalue weighted by atomic mass is 31.2. The van der Waals surface area contributed by atoms with E-state index in [2.05, 4.69) is 67.8 Å². The number of allylic oxidation sites excluding steroid dienone is 8. The summed E-state index contributed by atoms with van der Waals surface area (Å²) in [5.74, 6) is -0.317. The summed E-state index contributed by atoms with van der Waals surface area (Å²) >= 11 is 0. The Morgan fingerprint density at radius 2 is 1.03 bits per heavy atom. The maximum Gasteiger partial charge on any atom is 0.472 e. The van der Waals surface area contributed by atoms with Gasteiger partial charge < -0.3 is 34.0 Å². The molecule has 0 saturated carbocycles. The van der Waals surface area contributed by atoms with Crippen molar-refractivity contribution < 1.29 is 66.3 Å².